The van der Waals surface area contributed by atoms with E-state index in [1.165, 1.54) is 23.1 Å². The number of nitrogens with zero attached hydrogens (tertiary/aromatic N) is 4. The molecule has 2 saturated heterocycles. The van der Waals surface area contributed by atoms with Crippen molar-refractivity contribution in [1.29, 1.82) is 5.26 Å². The van der Waals surface area contributed by atoms with E-state index in [0.29, 0.717) is 15.6 Å². The second kappa shape index (κ2) is 8.39. The molecule has 4 rings (SSSR count). The van der Waals surface area contributed by atoms with Gasteiger partial charge in [0, 0.05) is 29.6 Å². The first-order chi connectivity index (χ1) is 15.2. The average Bonchev–Trinajstić information content (AvgIpc) is 3.26. The fraction of sp³-hybridized carbons (Fsp3) is 0.273. The number of urea groups is 1. The van der Waals surface area contributed by atoms with Crippen LogP contribution in [0.5, 0.6) is 0 Å². The highest BCUT2D eigenvalue weighted by Gasteiger charge is 2.64. The largest absolute Gasteiger partial charge is 0.338 e. The Balaban J connectivity index is 1.84. The number of halogens is 3. The third-order valence-electron chi connectivity index (χ3n) is 6.08. The molecule has 2 aliphatic heterocycles. The number of anilines is 1. The summed E-state index contributed by atoms with van der Waals surface area (Å²) in [4.78, 5) is 43.8. The minimum absolute atomic E-state index is 0.0496. The molecule has 0 aliphatic carbocycles. The summed E-state index contributed by atoms with van der Waals surface area (Å²) in [5, 5.41) is 9.82. The fourth-order valence-corrected chi connectivity index (χ4v) is 5.35. The second-order valence-electron chi connectivity index (χ2n) is 7.73. The van der Waals surface area contributed by atoms with Crippen LogP contribution in [0.2, 0.25) is 10.0 Å². The molecule has 2 fully saturated rings. The van der Waals surface area contributed by atoms with Crippen LogP contribution < -0.4 is 4.90 Å². The van der Waals surface area contributed by atoms with Crippen molar-refractivity contribution >= 4 is 62.7 Å². The first-order valence-corrected chi connectivity index (χ1v) is 11.5. The smallest absolute Gasteiger partial charge is 0.332 e. The molecular formula is C22H17BrCl2N4O3. The Labute approximate surface area is 203 Å². The summed E-state index contributed by atoms with van der Waals surface area (Å²) in [6.45, 7) is 0.303. The van der Waals surface area contributed by atoms with Crippen molar-refractivity contribution in [1.82, 2.24) is 9.80 Å². The molecule has 7 nitrogen and oxygen atoms in total. The van der Waals surface area contributed by atoms with Crippen molar-refractivity contribution in [2.45, 2.75) is 11.5 Å². The van der Waals surface area contributed by atoms with Gasteiger partial charge in [0.1, 0.15) is 5.54 Å². The van der Waals surface area contributed by atoms with Crippen molar-refractivity contribution in [3.63, 3.8) is 0 Å². The summed E-state index contributed by atoms with van der Waals surface area (Å²) in [6.07, 6.45) is 0. The van der Waals surface area contributed by atoms with Crippen LogP contribution in [0, 0.1) is 11.3 Å². The molecule has 0 N–H and O–H groups in total. The molecule has 0 bridgehead atoms. The highest BCUT2D eigenvalue weighted by molar-refractivity contribution is 9.09. The first-order valence-electron chi connectivity index (χ1n) is 9.65. The predicted molar refractivity (Wildman–Crippen MR) is 124 cm³/mol. The topological polar surface area (TPSA) is 84.7 Å². The molecule has 164 valence electrons. The lowest BCUT2D eigenvalue weighted by Gasteiger charge is -2.33. The number of likely N-dealkylation sites (N-methyl/N-ethyl adjacent to an activating group) is 1. The fourth-order valence-electron chi connectivity index (χ4n) is 4.48. The molecule has 0 radical (unpaired) electrons. The molecule has 0 aromatic heterocycles. The Kier molecular flexibility index (Phi) is 5.93. The molecule has 0 saturated carbocycles. The number of hydrogen-bond acceptors (Lipinski definition) is 4. The van der Waals surface area contributed by atoms with E-state index < -0.39 is 23.4 Å². The van der Waals surface area contributed by atoms with Crippen LogP contribution in [0.25, 0.3) is 0 Å². The molecule has 2 heterocycles. The summed E-state index contributed by atoms with van der Waals surface area (Å²) in [6, 6.07) is 12.9. The van der Waals surface area contributed by atoms with Gasteiger partial charge in [0.15, 0.2) is 0 Å². The molecule has 10 heteroatoms. The highest BCUT2D eigenvalue weighted by Crippen LogP contribution is 2.46. The molecule has 2 aliphatic rings. The molecule has 2 aromatic carbocycles. The number of benzene rings is 2. The van der Waals surface area contributed by atoms with Crippen molar-refractivity contribution in [2.24, 2.45) is 0 Å². The van der Waals surface area contributed by atoms with Crippen LogP contribution in [0.15, 0.2) is 42.5 Å². The third kappa shape index (κ3) is 3.45. The number of carbonyl (C=O) groups excluding carboxylic acids is 3. The van der Waals surface area contributed by atoms with Gasteiger partial charge in [0.25, 0.3) is 5.91 Å². The van der Waals surface area contributed by atoms with Gasteiger partial charge < -0.3 is 9.80 Å². The summed E-state index contributed by atoms with van der Waals surface area (Å²) >= 11 is 15.4. The lowest BCUT2D eigenvalue weighted by Crippen LogP contribution is -2.54. The van der Waals surface area contributed by atoms with Crippen LogP contribution >= 0.6 is 39.1 Å². The van der Waals surface area contributed by atoms with E-state index in [1.807, 2.05) is 0 Å². The zero-order valence-electron chi connectivity index (χ0n) is 16.9. The average molecular weight is 536 g/mol. The molecule has 2 atom stereocenters. The normalized spacial score (nSPS) is 22.7. The molecular weight excluding hydrogens is 519 g/mol. The van der Waals surface area contributed by atoms with E-state index >= 15 is 0 Å². The first kappa shape index (κ1) is 22.6. The zero-order valence-corrected chi connectivity index (χ0v) is 20.0. The minimum Gasteiger partial charge on any atom is -0.338 e. The summed E-state index contributed by atoms with van der Waals surface area (Å²) in [5.74, 6) is -1.12. The molecule has 4 amide bonds. The van der Waals surface area contributed by atoms with Gasteiger partial charge in [-0.25, -0.2) is 9.69 Å². The maximum atomic E-state index is 13.9. The monoisotopic (exact) mass is 534 g/mol. The van der Waals surface area contributed by atoms with Crippen LogP contribution in [0.1, 0.15) is 17.0 Å². The highest BCUT2D eigenvalue weighted by atomic mass is 79.9. The van der Waals surface area contributed by atoms with Gasteiger partial charge in [0.05, 0.1) is 29.2 Å². The van der Waals surface area contributed by atoms with Gasteiger partial charge in [-0.15, -0.1) is 0 Å². The Morgan fingerprint density at radius 3 is 2.38 bits per heavy atom. The van der Waals surface area contributed by atoms with Crippen LogP contribution in [-0.2, 0) is 9.59 Å². The van der Waals surface area contributed by atoms with E-state index in [9.17, 15) is 14.4 Å². The Hall–Kier alpha value is -2.60. The number of imide groups is 1. The Bertz CT molecular complexity index is 1150. The number of alkyl halides is 1. The third-order valence-corrected chi connectivity index (χ3v) is 6.99. The SMILES string of the molecule is CN1C(=O)N(c2cc(Cl)cc(Cl)c2)C(=O)[C@]12CN(C(=O)CBr)C[C@@H]2c1ccc(C#N)cc1. The van der Waals surface area contributed by atoms with Crippen molar-refractivity contribution in [3.8, 4) is 6.07 Å². The number of likely N-dealkylation sites (tertiary alicyclic amines) is 1. The summed E-state index contributed by atoms with van der Waals surface area (Å²) < 4.78 is 0. The lowest BCUT2D eigenvalue weighted by molar-refractivity contribution is -0.128. The van der Waals surface area contributed by atoms with Crippen molar-refractivity contribution in [3.05, 3.63) is 63.6 Å². The second-order valence-corrected chi connectivity index (χ2v) is 9.16. The van der Waals surface area contributed by atoms with Crippen LogP contribution in [-0.4, -0.2) is 58.7 Å². The van der Waals surface area contributed by atoms with Gasteiger partial charge in [-0.2, -0.15) is 5.26 Å². The van der Waals surface area contributed by atoms with E-state index in [1.54, 1.807) is 36.2 Å². The minimum atomic E-state index is -1.31. The van der Waals surface area contributed by atoms with Crippen molar-refractivity contribution in [2.75, 3.05) is 30.4 Å². The maximum absolute atomic E-state index is 13.9. The van der Waals surface area contributed by atoms with Crippen molar-refractivity contribution < 1.29 is 14.4 Å². The Morgan fingerprint density at radius 2 is 1.81 bits per heavy atom. The number of amides is 4. The van der Waals surface area contributed by atoms with Gasteiger partial charge in [-0.1, -0.05) is 51.3 Å². The zero-order chi connectivity index (χ0) is 23.2. The van der Waals surface area contributed by atoms with Gasteiger partial charge in [0.2, 0.25) is 5.91 Å². The number of carbonyl (C=O) groups is 3. The number of hydrogen-bond donors (Lipinski definition) is 0. The standard InChI is InChI=1S/C22H17BrCl2N4O3/c1-27-21(32)29(17-7-15(24)6-16(25)8-17)20(31)22(27)12-28(19(30)9-23)11-18(22)14-4-2-13(10-26)3-5-14/h2-8,18H,9,11-12H2,1H3/t18-,22-/m1/s1. The Morgan fingerprint density at radius 1 is 1.19 bits per heavy atom. The van der Waals surface area contributed by atoms with Crippen LogP contribution in [0.3, 0.4) is 0 Å². The number of rotatable bonds is 3. The van der Waals surface area contributed by atoms with E-state index in [0.717, 1.165) is 10.5 Å². The van der Waals surface area contributed by atoms with Gasteiger partial charge in [-0.05, 0) is 35.9 Å². The molecule has 1 spiro atoms. The predicted octanol–water partition coefficient (Wildman–Crippen LogP) is 4.02. The molecule has 0 unspecified atom stereocenters. The van der Waals surface area contributed by atoms with Gasteiger partial charge in [-0.3, -0.25) is 9.59 Å². The summed E-state index contributed by atoms with van der Waals surface area (Å²) in [7, 11) is 1.56. The molecule has 32 heavy (non-hydrogen) atoms. The van der Waals surface area contributed by atoms with Gasteiger partial charge >= 0.3 is 6.03 Å². The quantitative estimate of drug-likeness (QED) is 0.439. The summed E-state index contributed by atoms with van der Waals surface area (Å²) in [5.41, 5.74) is 0.196. The molecule has 2 aromatic rings. The van der Waals surface area contributed by atoms with E-state index in [-0.39, 0.29) is 30.0 Å². The number of nitriles is 1. The van der Waals surface area contributed by atoms with Crippen LogP contribution in [0.4, 0.5) is 10.5 Å². The lowest BCUT2D eigenvalue weighted by atomic mass is 9.80. The van der Waals surface area contributed by atoms with E-state index in [4.69, 9.17) is 28.5 Å². The maximum Gasteiger partial charge on any atom is 0.332 e. The van der Waals surface area contributed by atoms with E-state index in [2.05, 4.69) is 22.0 Å².